The van der Waals surface area contributed by atoms with Gasteiger partial charge in [-0.15, -0.1) is 0 Å². The Kier molecular flexibility index (Phi) is 5.01. The molecule has 0 amide bonds. The Morgan fingerprint density at radius 2 is 2.05 bits per heavy atom. The van der Waals surface area contributed by atoms with Crippen molar-refractivity contribution in [2.45, 2.75) is 50.5 Å². The molecule has 2 rings (SSSR count). The second-order valence-electron chi connectivity index (χ2n) is 5.66. The van der Waals surface area contributed by atoms with Gasteiger partial charge in [0, 0.05) is 18.2 Å². The van der Waals surface area contributed by atoms with Crippen molar-refractivity contribution >= 4 is 27.2 Å². The summed E-state index contributed by atoms with van der Waals surface area (Å²) in [6.45, 7) is 4.37. The molecule has 21 heavy (non-hydrogen) atoms. The minimum Gasteiger partial charge on any atom is -0.389 e. The van der Waals surface area contributed by atoms with Crippen LogP contribution in [0.5, 0.6) is 0 Å². The maximum Gasteiger partial charge on any atom is 0.243 e. The monoisotopic (exact) mass is 326 g/mol. The third kappa shape index (κ3) is 3.44. The zero-order valence-corrected chi connectivity index (χ0v) is 14.1. The zero-order valence-electron chi connectivity index (χ0n) is 12.5. The molecule has 1 aromatic carbocycles. The van der Waals surface area contributed by atoms with E-state index in [1.807, 2.05) is 6.92 Å². The Morgan fingerprint density at radius 1 is 1.33 bits per heavy atom. The fourth-order valence-electron chi connectivity index (χ4n) is 2.76. The van der Waals surface area contributed by atoms with Crippen LogP contribution in [0.25, 0.3) is 0 Å². The molecule has 4 nitrogen and oxygen atoms in total. The Balaban J connectivity index is 2.47. The minimum atomic E-state index is -3.50. The molecule has 1 heterocycles. The molecule has 0 aliphatic carbocycles. The van der Waals surface area contributed by atoms with Crippen LogP contribution in [0.3, 0.4) is 0 Å². The van der Waals surface area contributed by atoms with E-state index in [1.165, 1.54) is 0 Å². The number of aryl methyl sites for hydroxylation is 1. The molecule has 6 heteroatoms. The van der Waals surface area contributed by atoms with Crippen LogP contribution in [0.15, 0.2) is 23.1 Å². The molecule has 1 aliphatic rings. The van der Waals surface area contributed by atoms with Crippen LogP contribution in [0.4, 0.5) is 0 Å². The molecule has 0 aromatic heterocycles. The third-order valence-electron chi connectivity index (χ3n) is 4.05. The van der Waals surface area contributed by atoms with Crippen molar-refractivity contribution in [3.8, 4) is 0 Å². The SMILES string of the molecule is Cc1ccc(C(N)=S)cc1S(=O)(=O)N1CCCCCC1C. The Bertz CT molecular complexity index is 641. The summed E-state index contributed by atoms with van der Waals surface area (Å²) in [4.78, 5) is 0.539. The van der Waals surface area contributed by atoms with Crippen LogP contribution in [0, 0.1) is 6.92 Å². The van der Waals surface area contributed by atoms with E-state index < -0.39 is 10.0 Å². The van der Waals surface area contributed by atoms with Gasteiger partial charge in [0.2, 0.25) is 10.0 Å². The third-order valence-corrected chi connectivity index (χ3v) is 6.44. The highest BCUT2D eigenvalue weighted by molar-refractivity contribution is 7.89. The van der Waals surface area contributed by atoms with E-state index in [4.69, 9.17) is 18.0 Å². The molecule has 0 bridgehead atoms. The second-order valence-corrected chi connectivity index (χ2v) is 7.96. The van der Waals surface area contributed by atoms with Gasteiger partial charge < -0.3 is 5.73 Å². The maximum atomic E-state index is 13.0. The normalized spacial score (nSPS) is 21.0. The summed E-state index contributed by atoms with van der Waals surface area (Å²) in [7, 11) is -3.50. The predicted molar refractivity (Wildman–Crippen MR) is 88.9 cm³/mol. The van der Waals surface area contributed by atoms with Gasteiger partial charge in [0.05, 0.1) is 4.90 Å². The fourth-order valence-corrected chi connectivity index (χ4v) is 4.84. The fraction of sp³-hybridized carbons (Fsp3) is 0.533. The van der Waals surface area contributed by atoms with Crippen molar-refractivity contribution in [3.63, 3.8) is 0 Å². The Morgan fingerprint density at radius 3 is 2.71 bits per heavy atom. The summed E-state index contributed by atoms with van der Waals surface area (Å²) in [5.41, 5.74) is 6.95. The summed E-state index contributed by atoms with van der Waals surface area (Å²) in [5, 5.41) is 0. The van der Waals surface area contributed by atoms with E-state index in [1.54, 1.807) is 29.4 Å². The summed E-state index contributed by atoms with van der Waals surface area (Å²) < 4.78 is 27.6. The smallest absolute Gasteiger partial charge is 0.243 e. The van der Waals surface area contributed by atoms with Crippen molar-refractivity contribution < 1.29 is 8.42 Å². The van der Waals surface area contributed by atoms with Crippen molar-refractivity contribution in [3.05, 3.63) is 29.3 Å². The van der Waals surface area contributed by atoms with E-state index in [-0.39, 0.29) is 11.0 Å². The van der Waals surface area contributed by atoms with Gasteiger partial charge in [-0.05, 0) is 38.3 Å². The average Bonchev–Trinajstić information content (AvgIpc) is 2.63. The zero-order chi connectivity index (χ0) is 15.6. The summed E-state index contributed by atoms with van der Waals surface area (Å²) in [5.74, 6) is 0. The molecule has 0 spiro atoms. The number of nitrogens with zero attached hydrogens (tertiary/aromatic N) is 1. The highest BCUT2D eigenvalue weighted by Gasteiger charge is 2.31. The number of benzene rings is 1. The van der Waals surface area contributed by atoms with E-state index in [2.05, 4.69) is 0 Å². The van der Waals surface area contributed by atoms with Gasteiger partial charge in [-0.2, -0.15) is 4.31 Å². The molecular formula is C15H22N2O2S2. The second kappa shape index (κ2) is 6.42. The highest BCUT2D eigenvalue weighted by Crippen LogP contribution is 2.27. The topological polar surface area (TPSA) is 63.4 Å². The van der Waals surface area contributed by atoms with Gasteiger partial charge in [-0.3, -0.25) is 0 Å². The number of sulfonamides is 1. The van der Waals surface area contributed by atoms with Crippen LogP contribution in [0.2, 0.25) is 0 Å². The van der Waals surface area contributed by atoms with Gasteiger partial charge >= 0.3 is 0 Å². The van der Waals surface area contributed by atoms with Gasteiger partial charge in [0.15, 0.2) is 0 Å². The lowest BCUT2D eigenvalue weighted by Gasteiger charge is -2.27. The summed E-state index contributed by atoms with van der Waals surface area (Å²) in [6, 6.07) is 5.17. The number of hydrogen-bond acceptors (Lipinski definition) is 3. The van der Waals surface area contributed by atoms with Crippen molar-refractivity contribution in [1.82, 2.24) is 4.31 Å². The van der Waals surface area contributed by atoms with Crippen molar-refractivity contribution in [2.24, 2.45) is 5.73 Å². The molecule has 0 radical (unpaired) electrons. The van der Waals surface area contributed by atoms with Gasteiger partial charge in [0.1, 0.15) is 4.99 Å². The molecular weight excluding hydrogens is 304 g/mol. The number of nitrogens with two attached hydrogens (primary N) is 1. The highest BCUT2D eigenvalue weighted by atomic mass is 32.2. The lowest BCUT2D eigenvalue weighted by molar-refractivity contribution is 0.342. The molecule has 0 saturated carbocycles. The van der Waals surface area contributed by atoms with Crippen LogP contribution >= 0.6 is 12.2 Å². The van der Waals surface area contributed by atoms with Crippen LogP contribution < -0.4 is 5.73 Å². The maximum absolute atomic E-state index is 13.0. The standard InChI is InChI=1S/C15H22N2O2S2/c1-11-7-8-13(15(16)20)10-14(11)21(18,19)17-9-5-3-4-6-12(17)2/h7-8,10,12H,3-6,9H2,1-2H3,(H2,16,20). The van der Waals surface area contributed by atoms with Gasteiger partial charge in [-0.1, -0.05) is 37.2 Å². The molecule has 1 fully saturated rings. The number of hydrogen-bond donors (Lipinski definition) is 1. The molecule has 116 valence electrons. The lowest BCUT2D eigenvalue weighted by Crippen LogP contribution is -2.38. The average molecular weight is 326 g/mol. The summed E-state index contributed by atoms with van der Waals surface area (Å²) >= 11 is 4.96. The first-order valence-electron chi connectivity index (χ1n) is 7.26. The number of thiocarbonyl (C=S) groups is 1. The van der Waals surface area contributed by atoms with E-state index >= 15 is 0 Å². The van der Waals surface area contributed by atoms with Gasteiger partial charge in [-0.25, -0.2) is 8.42 Å². The Hall–Kier alpha value is -0.980. The quantitative estimate of drug-likeness (QED) is 0.867. The van der Waals surface area contributed by atoms with Gasteiger partial charge in [0.25, 0.3) is 0 Å². The molecule has 2 N–H and O–H groups in total. The molecule has 1 atom stereocenters. The minimum absolute atomic E-state index is 0.0328. The molecule has 1 aliphatic heterocycles. The predicted octanol–water partition coefficient (Wildman–Crippen LogP) is 2.58. The first-order valence-corrected chi connectivity index (χ1v) is 9.11. The lowest BCUT2D eigenvalue weighted by atomic mass is 10.1. The van der Waals surface area contributed by atoms with Crippen LogP contribution in [0.1, 0.15) is 43.7 Å². The van der Waals surface area contributed by atoms with Crippen LogP contribution in [-0.4, -0.2) is 30.3 Å². The van der Waals surface area contributed by atoms with E-state index in [9.17, 15) is 8.42 Å². The Labute approximate surface area is 132 Å². The van der Waals surface area contributed by atoms with Crippen molar-refractivity contribution in [1.29, 1.82) is 0 Å². The van der Waals surface area contributed by atoms with Crippen LogP contribution in [-0.2, 0) is 10.0 Å². The van der Waals surface area contributed by atoms with E-state index in [0.29, 0.717) is 17.0 Å². The largest absolute Gasteiger partial charge is 0.389 e. The molecule has 1 unspecified atom stereocenters. The first-order chi connectivity index (χ1) is 9.84. The number of rotatable bonds is 3. The molecule has 1 saturated heterocycles. The van der Waals surface area contributed by atoms with E-state index in [0.717, 1.165) is 31.2 Å². The molecule has 1 aromatic rings. The summed E-state index contributed by atoms with van der Waals surface area (Å²) in [6.07, 6.45) is 3.99. The van der Waals surface area contributed by atoms with Crippen molar-refractivity contribution in [2.75, 3.05) is 6.54 Å². The first kappa shape index (κ1) is 16.4.